The van der Waals surface area contributed by atoms with Crippen LogP contribution in [-0.4, -0.2) is 43.2 Å². The normalized spacial score (nSPS) is 27.1. The van der Waals surface area contributed by atoms with E-state index < -0.39 is 5.54 Å². The van der Waals surface area contributed by atoms with Gasteiger partial charge in [-0.3, -0.25) is 0 Å². The third-order valence-corrected chi connectivity index (χ3v) is 4.31. The van der Waals surface area contributed by atoms with Gasteiger partial charge in [0.05, 0.1) is 7.11 Å². The Bertz CT molecular complexity index is 495. The second-order valence-electron chi connectivity index (χ2n) is 5.49. The van der Waals surface area contributed by atoms with Crippen LogP contribution < -0.4 is 5.32 Å². The number of anilines is 1. The number of likely N-dealkylation sites (tertiary alicyclic amines) is 1. The zero-order valence-electron chi connectivity index (χ0n) is 12.1. The Morgan fingerprint density at radius 2 is 2.30 bits per heavy atom. The number of hydrogen-bond acceptors (Lipinski definition) is 4. The maximum absolute atomic E-state index is 12.3. The molecule has 0 saturated carbocycles. The smallest absolute Gasteiger partial charge is 0.331 e. The zero-order chi connectivity index (χ0) is 14.8. The second-order valence-corrected chi connectivity index (χ2v) is 5.93. The Labute approximate surface area is 125 Å². The molecule has 0 radical (unpaired) electrons. The molecule has 0 bridgehead atoms. The first-order valence-corrected chi connectivity index (χ1v) is 7.17. The van der Waals surface area contributed by atoms with Crippen LogP contribution in [0.4, 0.5) is 5.69 Å². The highest BCUT2D eigenvalue weighted by Gasteiger charge is 2.44. The third-order valence-electron chi connectivity index (χ3n) is 4.07. The third kappa shape index (κ3) is 3.07. The second kappa shape index (κ2) is 6.02. The van der Waals surface area contributed by atoms with Gasteiger partial charge in [0, 0.05) is 23.3 Å². The van der Waals surface area contributed by atoms with Crippen molar-refractivity contribution in [3.8, 4) is 0 Å². The Morgan fingerprint density at radius 3 is 2.90 bits per heavy atom. The highest BCUT2D eigenvalue weighted by Crippen LogP contribution is 2.31. The molecule has 2 unspecified atom stereocenters. The predicted octanol–water partition coefficient (Wildman–Crippen LogP) is 2.78. The molecule has 4 nitrogen and oxygen atoms in total. The summed E-state index contributed by atoms with van der Waals surface area (Å²) in [6, 6.07) is 7.74. The molecule has 2 rings (SSSR count). The van der Waals surface area contributed by atoms with Crippen LogP contribution in [0, 0.1) is 0 Å². The van der Waals surface area contributed by atoms with E-state index in [1.807, 2.05) is 24.3 Å². The van der Waals surface area contributed by atoms with Gasteiger partial charge in [0.25, 0.3) is 0 Å². The summed E-state index contributed by atoms with van der Waals surface area (Å²) in [5, 5.41) is 4.00. The molecule has 1 aliphatic rings. The molecule has 1 saturated heterocycles. The summed E-state index contributed by atoms with van der Waals surface area (Å²) in [4.78, 5) is 14.5. The molecule has 20 heavy (non-hydrogen) atoms. The number of benzene rings is 1. The average Bonchev–Trinajstić information content (AvgIpc) is 2.42. The van der Waals surface area contributed by atoms with Crippen LogP contribution >= 0.6 is 11.6 Å². The maximum Gasteiger partial charge on any atom is 0.331 e. The molecule has 1 N–H and O–H groups in total. The summed E-state index contributed by atoms with van der Waals surface area (Å²) in [5.74, 6) is -0.211. The molecule has 1 fully saturated rings. The lowest BCUT2D eigenvalue weighted by Gasteiger charge is -2.43. The lowest BCUT2D eigenvalue weighted by Crippen LogP contribution is -2.57. The van der Waals surface area contributed by atoms with Gasteiger partial charge >= 0.3 is 5.97 Å². The number of carbonyl (C=O) groups excluding carboxylic acids is 1. The summed E-state index contributed by atoms with van der Waals surface area (Å²) in [6.07, 6.45) is 1.43. The minimum absolute atomic E-state index is 0.211. The Morgan fingerprint density at radius 1 is 1.55 bits per heavy atom. The first kappa shape index (κ1) is 15.1. The van der Waals surface area contributed by atoms with E-state index >= 15 is 0 Å². The van der Waals surface area contributed by atoms with Gasteiger partial charge in [-0.15, -0.1) is 0 Å². The van der Waals surface area contributed by atoms with Crippen LogP contribution in [-0.2, 0) is 9.53 Å². The number of methoxy groups -OCH3 is 1. The number of carbonyl (C=O) groups is 1. The van der Waals surface area contributed by atoms with Gasteiger partial charge in [0.2, 0.25) is 0 Å². The predicted molar refractivity (Wildman–Crippen MR) is 81.1 cm³/mol. The average molecular weight is 297 g/mol. The molecule has 0 aromatic heterocycles. The SMILES string of the molecule is COC(=O)C1(Nc2cccc(Cl)c2)CCN(C)C(C)C1. The van der Waals surface area contributed by atoms with Crippen LogP contribution in [0.3, 0.4) is 0 Å². The van der Waals surface area contributed by atoms with Gasteiger partial charge in [-0.05, 0) is 45.0 Å². The summed E-state index contributed by atoms with van der Waals surface area (Å²) < 4.78 is 5.03. The van der Waals surface area contributed by atoms with Crippen LogP contribution in [0.2, 0.25) is 5.02 Å². The fourth-order valence-corrected chi connectivity index (χ4v) is 2.93. The molecule has 0 spiro atoms. The standard InChI is InChI=1S/C15H21ClN2O2/c1-11-10-15(14(19)20-3,7-8-18(11)2)17-13-6-4-5-12(16)9-13/h4-6,9,11,17H,7-8,10H2,1-3H3. The van der Waals surface area contributed by atoms with Crippen molar-refractivity contribution in [2.24, 2.45) is 0 Å². The quantitative estimate of drug-likeness (QED) is 0.871. The molecule has 0 amide bonds. The highest BCUT2D eigenvalue weighted by molar-refractivity contribution is 6.30. The van der Waals surface area contributed by atoms with Crippen molar-refractivity contribution in [2.75, 3.05) is 26.0 Å². The molecular weight excluding hydrogens is 276 g/mol. The van der Waals surface area contributed by atoms with Crippen molar-refractivity contribution in [3.63, 3.8) is 0 Å². The zero-order valence-corrected chi connectivity index (χ0v) is 12.9. The topological polar surface area (TPSA) is 41.6 Å². The van der Waals surface area contributed by atoms with E-state index in [0.29, 0.717) is 23.9 Å². The van der Waals surface area contributed by atoms with E-state index in [1.54, 1.807) is 0 Å². The van der Waals surface area contributed by atoms with Crippen LogP contribution in [0.15, 0.2) is 24.3 Å². The van der Waals surface area contributed by atoms with Crippen molar-refractivity contribution in [2.45, 2.75) is 31.3 Å². The Balaban J connectivity index is 2.26. The summed E-state index contributed by atoms with van der Waals surface area (Å²) in [7, 11) is 3.51. The van der Waals surface area contributed by atoms with E-state index in [0.717, 1.165) is 12.2 Å². The van der Waals surface area contributed by atoms with Gasteiger partial charge in [0.1, 0.15) is 5.54 Å². The highest BCUT2D eigenvalue weighted by atomic mass is 35.5. The number of hydrogen-bond donors (Lipinski definition) is 1. The number of esters is 1. The van der Waals surface area contributed by atoms with E-state index in [1.165, 1.54) is 7.11 Å². The first-order chi connectivity index (χ1) is 9.47. The van der Waals surface area contributed by atoms with Crippen LogP contribution in [0.5, 0.6) is 0 Å². The molecule has 1 aromatic rings. The van der Waals surface area contributed by atoms with E-state index in [-0.39, 0.29) is 5.97 Å². The summed E-state index contributed by atoms with van der Waals surface area (Å²) in [5.41, 5.74) is 0.172. The van der Waals surface area contributed by atoms with Crippen LogP contribution in [0.25, 0.3) is 0 Å². The van der Waals surface area contributed by atoms with Gasteiger partial charge in [-0.1, -0.05) is 17.7 Å². The fourth-order valence-electron chi connectivity index (χ4n) is 2.74. The number of rotatable bonds is 3. The molecule has 1 aliphatic heterocycles. The fraction of sp³-hybridized carbons (Fsp3) is 0.533. The van der Waals surface area contributed by atoms with Gasteiger partial charge in [-0.25, -0.2) is 4.79 Å². The number of nitrogens with zero attached hydrogens (tertiary/aromatic N) is 1. The molecule has 110 valence electrons. The molecule has 0 aliphatic carbocycles. The molecule has 1 heterocycles. The largest absolute Gasteiger partial charge is 0.467 e. The molecule has 1 aromatic carbocycles. The van der Waals surface area contributed by atoms with Crippen molar-refractivity contribution >= 4 is 23.3 Å². The van der Waals surface area contributed by atoms with Crippen molar-refractivity contribution in [1.82, 2.24) is 4.90 Å². The van der Waals surface area contributed by atoms with Crippen LogP contribution in [0.1, 0.15) is 19.8 Å². The number of halogens is 1. The Hall–Kier alpha value is -1.26. The minimum Gasteiger partial charge on any atom is -0.467 e. The van der Waals surface area contributed by atoms with Gasteiger partial charge < -0.3 is 15.0 Å². The van der Waals surface area contributed by atoms with Gasteiger partial charge in [-0.2, -0.15) is 0 Å². The summed E-state index contributed by atoms with van der Waals surface area (Å²) in [6.45, 7) is 2.97. The number of nitrogens with one attached hydrogen (secondary N) is 1. The lowest BCUT2D eigenvalue weighted by atomic mass is 9.83. The number of piperidine rings is 1. The lowest BCUT2D eigenvalue weighted by molar-refractivity contribution is -0.148. The number of ether oxygens (including phenoxy) is 1. The van der Waals surface area contributed by atoms with Crippen molar-refractivity contribution in [1.29, 1.82) is 0 Å². The molecule has 5 heteroatoms. The van der Waals surface area contributed by atoms with E-state index in [4.69, 9.17) is 16.3 Å². The van der Waals surface area contributed by atoms with E-state index in [2.05, 4.69) is 24.2 Å². The molecule has 2 atom stereocenters. The van der Waals surface area contributed by atoms with Crippen molar-refractivity contribution in [3.05, 3.63) is 29.3 Å². The maximum atomic E-state index is 12.3. The summed E-state index contributed by atoms with van der Waals surface area (Å²) >= 11 is 6.01. The van der Waals surface area contributed by atoms with Crippen molar-refractivity contribution < 1.29 is 9.53 Å². The monoisotopic (exact) mass is 296 g/mol. The Kier molecular flexibility index (Phi) is 4.55. The van der Waals surface area contributed by atoms with Gasteiger partial charge in [0.15, 0.2) is 0 Å². The first-order valence-electron chi connectivity index (χ1n) is 6.79. The molecular formula is C15H21ClN2O2. The minimum atomic E-state index is -0.675. The van der Waals surface area contributed by atoms with E-state index in [9.17, 15) is 4.79 Å².